The molecule has 0 aliphatic carbocycles. The van der Waals surface area contributed by atoms with Crippen LogP contribution < -0.4 is 15.4 Å². The zero-order chi connectivity index (χ0) is 18.9. The number of thiocarbonyl (C=S) groups is 1. The first kappa shape index (κ1) is 19.3. The summed E-state index contributed by atoms with van der Waals surface area (Å²) in [4.78, 5) is 12.4. The molecule has 0 spiro atoms. The SMILES string of the molecule is O=C(NC(=S)NCC1CCCO1)c1cccc(OCCc2ccccc2)c1. The number of nitrogens with one attached hydrogen (secondary N) is 2. The Morgan fingerprint density at radius 2 is 2.04 bits per heavy atom. The number of rotatable bonds is 7. The van der Waals surface area contributed by atoms with Crippen LogP contribution in [0, 0.1) is 0 Å². The first-order valence-corrected chi connectivity index (χ1v) is 9.59. The van der Waals surface area contributed by atoms with Crippen LogP contribution in [-0.2, 0) is 11.2 Å². The van der Waals surface area contributed by atoms with E-state index in [-0.39, 0.29) is 12.0 Å². The average molecular weight is 385 g/mol. The fraction of sp³-hybridized carbons (Fsp3) is 0.333. The third kappa shape index (κ3) is 6.34. The molecule has 1 atom stereocenters. The fourth-order valence-electron chi connectivity index (χ4n) is 2.89. The topological polar surface area (TPSA) is 59.6 Å². The van der Waals surface area contributed by atoms with Crippen molar-refractivity contribution in [2.45, 2.75) is 25.4 Å². The fourth-order valence-corrected chi connectivity index (χ4v) is 3.07. The van der Waals surface area contributed by atoms with E-state index >= 15 is 0 Å². The van der Waals surface area contributed by atoms with Gasteiger partial charge in [0.1, 0.15) is 5.75 Å². The van der Waals surface area contributed by atoms with E-state index in [0.29, 0.717) is 29.6 Å². The van der Waals surface area contributed by atoms with Crippen molar-refractivity contribution in [1.82, 2.24) is 10.6 Å². The van der Waals surface area contributed by atoms with Gasteiger partial charge in [0.05, 0.1) is 12.7 Å². The maximum Gasteiger partial charge on any atom is 0.257 e. The van der Waals surface area contributed by atoms with Crippen LogP contribution in [0.1, 0.15) is 28.8 Å². The molecule has 6 heteroatoms. The van der Waals surface area contributed by atoms with Gasteiger partial charge in [-0.3, -0.25) is 10.1 Å². The van der Waals surface area contributed by atoms with E-state index in [1.807, 2.05) is 24.3 Å². The number of ether oxygens (including phenoxy) is 2. The second-order valence-corrected chi connectivity index (χ2v) is 6.82. The molecular weight excluding hydrogens is 360 g/mol. The molecule has 1 aliphatic rings. The smallest absolute Gasteiger partial charge is 0.257 e. The number of amides is 1. The van der Waals surface area contributed by atoms with Crippen molar-refractivity contribution in [1.29, 1.82) is 0 Å². The number of hydrogen-bond acceptors (Lipinski definition) is 4. The Balaban J connectivity index is 1.45. The highest BCUT2D eigenvalue weighted by Crippen LogP contribution is 2.14. The van der Waals surface area contributed by atoms with Crippen molar-refractivity contribution in [2.24, 2.45) is 0 Å². The molecule has 0 bridgehead atoms. The molecule has 0 radical (unpaired) electrons. The molecule has 1 aliphatic heterocycles. The molecule has 2 aromatic rings. The maximum absolute atomic E-state index is 12.4. The molecule has 5 nitrogen and oxygen atoms in total. The summed E-state index contributed by atoms with van der Waals surface area (Å²) < 4.78 is 11.3. The average Bonchev–Trinajstić information content (AvgIpc) is 3.21. The molecule has 1 amide bonds. The number of carbonyl (C=O) groups excluding carboxylic acids is 1. The summed E-state index contributed by atoms with van der Waals surface area (Å²) >= 11 is 5.19. The largest absolute Gasteiger partial charge is 0.493 e. The van der Waals surface area contributed by atoms with Gasteiger partial charge in [-0.2, -0.15) is 0 Å². The lowest BCUT2D eigenvalue weighted by molar-refractivity contribution is 0.0972. The number of carbonyl (C=O) groups is 1. The maximum atomic E-state index is 12.4. The lowest BCUT2D eigenvalue weighted by atomic mass is 10.2. The molecular formula is C21H24N2O3S. The van der Waals surface area contributed by atoms with Gasteiger partial charge in [-0.1, -0.05) is 36.4 Å². The summed E-state index contributed by atoms with van der Waals surface area (Å²) in [5.41, 5.74) is 1.72. The van der Waals surface area contributed by atoms with Crippen molar-refractivity contribution in [2.75, 3.05) is 19.8 Å². The predicted molar refractivity (Wildman–Crippen MR) is 109 cm³/mol. The Labute approximate surface area is 165 Å². The van der Waals surface area contributed by atoms with Gasteiger partial charge in [0.25, 0.3) is 5.91 Å². The first-order valence-electron chi connectivity index (χ1n) is 9.18. The number of hydrogen-bond donors (Lipinski definition) is 2. The highest BCUT2D eigenvalue weighted by atomic mass is 32.1. The Kier molecular flexibility index (Phi) is 7.19. The molecule has 2 N–H and O–H groups in total. The van der Waals surface area contributed by atoms with Crippen molar-refractivity contribution < 1.29 is 14.3 Å². The van der Waals surface area contributed by atoms with Crippen LogP contribution in [0.25, 0.3) is 0 Å². The molecule has 1 saturated heterocycles. The summed E-state index contributed by atoms with van der Waals surface area (Å²) in [6, 6.07) is 17.3. The lowest BCUT2D eigenvalue weighted by Crippen LogP contribution is -2.42. The molecule has 1 heterocycles. The lowest BCUT2D eigenvalue weighted by Gasteiger charge is -2.13. The molecule has 1 unspecified atom stereocenters. The Bertz CT molecular complexity index is 761. The Morgan fingerprint density at radius 3 is 2.81 bits per heavy atom. The molecule has 27 heavy (non-hydrogen) atoms. The monoisotopic (exact) mass is 384 g/mol. The van der Waals surface area contributed by atoms with Gasteiger partial charge in [-0.15, -0.1) is 0 Å². The summed E-state index contributed by atoms with van der Waals surface area (Å²) in [5.74, 6) is 0.408. The van der Waals surface area contributed by atoms with Gasteiger partial charge in [-0.05, 0) is 48.8 Å². The van der Waals surface area contributed by atoms with Gasteiger partial charge < -0.3 is 14.8 Å². The van der Waals surface area contributed by atoms with E-state index in [1.54, 1.807) is 18.2 Å². The Hall–Kier alpha value is -2.44. The van der Waals surface area contributed by atoms with Crippen molar-refractivity contribution in [3.05, 3.63) is 65.7 Å². The van der Waals surface area contributed by atoms with Crippen LogP contribution in [-0.4, -0.2) is 36.9 Å². The minimum Gasteiger partial charge on any atom is -0.493 e. The van der Waals surface area contributed by atoms with Gasteiger partial charge >= 0.3 is 0 Å². The second kappa shape index (κ2) is 10.0. The van der Waals surface area contributed by atoms with Crippen molar-refractivity contribution >= 4 is 23.2 Å². The van der Waals surface area contributed by atoms with Crippen LogP contribution in [0.5, 0.6) is 5.75 Å². The second-order valence-electron chi connectivity index (χ2n) is 6.41. The molecule has 0 aromatic heterocycles. The minimum atomic E-state index is -0.256. The van der Waals surface area contributed by atoms with E-state index in [1.165, 1.54) is 5.56 Å². The normalized spacial score (nSPS) is 15.9. The highest BCUT2D eigenvalue weighted by Gasteiger charge is 2.16. The Morgan fingerprint density at radius 1 is 1.19 bits per heavy atom. The predicted octanol–water partition coefficient (Wildman–Crippen LogP) is 3.09. The standard InChI is InChI=1S/C21H24N2O3S/c24-20(23-21(27)22-15-19-10-5-12-25-19)17-8-4-9-18(14-17)26-13-11-16-6-2-1-3-7-16/h1-4,6-9,14,19H,5,10-13,15H2,(H2,22,23,24,27). The zero-order valence-corrected chi connectivity index (χ0v) is 16.0. The van der Waals surface area contributed by atoms with Gasteiger partial charge in [-0.25, -0.2) is 0 Å². The van der Waals surface area contributed by atoms with Crippen LogP contribution >= 0.6 is 12.2 Å². The molecule has 3 rings (SSSR count). The molecule has 142 valence electrons. The third-order valence-electron chi connectivity index (χ3n) is 4.34. The summed E-state index contributed by atoms with van der Waals surface area (Å²) in [5, 5.41) is 6.05. The van der Waals surface area contributed by atoms with Crippen LogP contribution in [0.3, 0.4) is 0 Å². The van der Waals surface area contributed by atoms with Gasteiger partial charge in [0.15, 0.2) is 5.11 Å². The van der Waals surface area contributed by atoms with Crippen LogP contribution in [0.2, 0.25) is 0 Å². The van der Waals surface area contributed by atoms with Crippen molar-refractivity contribution in [3.63, 3.8) is 0 Å². The quantitative estimate of drug-likeness (QED) is 0.719. The van der Waals surface area contributed by atoms with Crippen molar-refractivity contribution in [3.8, 4) is 5.75 Å². The molecule has 0 saturated carbocycles. The zero-order valence-electron chi connectivity index (χ0n) is 15.1. The first-order chi connectivity index (χ1) is 13.2. The van der Waals surface area contributed by atoms with Gasteiger partial charge in [0, 0.05) is 25.1 Å². The molecule has 2 aromatic carbocycles. The van der Waals surface area contributed by atoms with E-state index in [9.17, 15) is 4.79 Å². The van der Waals surface area contributed by atoms with E-state index in [0.717, 1.165) is 25.9 Å². The number of benzene rings is 2. The van der Waals surface area contributed by atoms with E-state index in [2.05, 4.69) is 22.8 Å². The highest BCUT2D eigenvalue weighted by molar-refractivity contribution is 7.80. The summed E-state index contributed by atoms with van der Waals surface area (Å²) in [6.45, 7) is 1.96. The van der Waals surface area contributed by atoms with E-state index < -0.39 is 0 Å². The summed E-state index contributed by atoms with van der Waals surface area (Å²) in [6.07, 6.45) is 3.07. The van der Waals surface area contributed by atoms with E-state index in [4.69, 9.17) is 21.7 Å². The van der Waals surface area contributed by atoms with Crippen LogP contribution in [0.15, 0.2) is 54.6 Å². The molecule has 1 fully saturated rings. The summed E-state index contributed by atoms with van der Waals surface area (Å²) in [7, 11) is 0. The van der Waals surface area contributed by atoms with Gasteiger partial charge in [0.2, 0.25) is 0 Å². The third-order valence-corrected chi connectivity index (χ3v) is 4.59. The minimum absolute atomic E-state index is 0.168. The van der Waals surface area contributed by atoms with Crippen LogP contribution in [0.4, 0.5) is 0 Å².